The van der Waals surface area contributed by atoms with Gasteiger partial charge in [0, 0.05) is 11.3 Å². The molecule has 0 aliphatic heterocycles. The van der Waals surface area contributed by atoms with E-state index in [1.165, 1.54) is 12.1 Å². The summed E-state index contributed by atoms with van der Waals surface area (Å²) in [5.41, 5.74) is 1.03. The zero-order valence-corrected chi connectivity index (χ0v) is 10.0. The minimum atomic E-state index is -4.34. The molecule has 0 bridgehead atoms. The normalized spacial score (nSPS) is 11.6. The van der Waals surface area contributed by atoms with Gasteiger partial charge in [-0.3, -0.25) is 0 Å². The molecule has 6 heteroatoms. The molecule has 0 aliphatic carbocycles. The van der Waals surface area contributed by atoms with E-state index in [9.17, 15) is 13.2 Å². The Balaban J connectivity index is 2.40. The molecule has 2 nitrogen and oxygen atoms in total. The van der Waals surface area contributed by atoms with Gasteiger partial charge in [0.2, 0.25) is 5.28 Å². The molecule has 0 saturated carbocycles. The monoisotopic (exact) mass is 272 g/mol. The summed E-state index contributed by atoms with van der Waals surface area (Å²) in [7, 11) is 0. The standard InChI is InChI=1S/C12H8ClF3N2/c1-7-6-10(18-11(13)17-7)8-2-4-9(5-3-8)12(14,15)16/h2-6H,1H3. The molecule has 94 valence electrons. The number of halogens is 4. The van der Waals surface area contributed by atoms with Crippen molar-refractivity contribution in [1.82, 2.24) is 9.97 Å². The highest BCUT2D eigenvalue weighted by Gasteiger charge is 2.29. The van der Waals surface area contributed by atoms with Gasteiger partial charge in [0.1, 0.15) is 0 Å². The van der Waals surface area contributed by atoms with Gasteiger partial charge in [0.15, 0.2) is 0 Å². The summed E-state index contributed by atoms with van der Waals surface area (Å²) in [6.07, 6.45) is -4.34. The van der Waals surface area contributed by atoms with Crippen molar-refractivity contribution < 1.29 is 13.2 Å². The Morgan fingerprint density at radius 3 is 2.17 bits per heavy atom. The van der Waals surface area contributed by atoms with Gasteiger partial charge in [-0.25, -0.2) is 9.97 Å². The van der Waals surface area contributed by atoms with Crippen molar-refractivity contribution in [2.75, 3.05) is 0 Å². The SMILES string of the molecule is Cc1cc(-c2ccc(C(F)(F)F)cc2)nc(Cl)n1. The maximum absolute atomic E-state index is 12.4. The first-order valence-corrected chi connectivity index (χ1v) is 5.43. The van der Waals surface area contributed by atoms with Crippen LogP contribution < -0.4 is 0 Å². The summed E-state index contributed by atoms with van der Waals surface area (Å²) in [4.78, 5) is 7.86. The first-order chi connectivity index (χ1) is 8.36. The molecule has 1 aromatic carbocycles. The van der Waals surface area contributed by atoms with Crippen molar-refractivity contribution in [3.8, 4) is 11.3 Å². The Bertz CT molecular complexity index is 544. The topological polar surface area (TPSA) is 25.8 Å². The first-order valence-electron chi connectivity index (χ1n) is 5.05. The van der Waals surface area contributed by atoms with Gasteiger partial charge in [0.05, 0.1) is 11.3 Å². The highest BCUT2D eigenvalue weighted by molar-refractivity contribution is 6.28. The molecule has 0 fully saturated rings. The Kier molecular flexibility index (Phi) is 3.26. The van der Waals surface area contributed by atoms with Crippen LogP contribution in [0.5, 0.6) is 0 Å². The van der Waals surface area contributed by atoms with Crippen LogP contribution >= 0.6 is 11.6 Å². The van der Waals surface area contributed by atoms with Crippen molar-refractivity contribution >= 4 is 11.6 Å². The predicted octanol–water partition coefficient (Wildman–Crippen LogP) is 4.12. The van der Waals surface area contributed by atoms with Crippen LogP contribution in [0.3, 0.4) is 0 Å². The van der Waals surface area contributed by atoms with Crippen LogP contribution in [0.25, 0.3) is 11.3 Å². The van der Waals surface area contributed by atoms with Crippen molar-refractivity contribution in [2.24, 2.45) is 0 Å². The summed E-state index contributed by atoms with van der Waals surface area (Å²) >= 11 is 5.70. The summed E-state index contributed by atoms with van der Waals surface area (Å²) in [5.74, 6) is 0. The summed E-state index contributed by atoms with van der Waals surface area (Å²) < 4.78 is 37.2. The van der Waals surface area contributed by atoms with E-state index in [1.54, 1.807) is 13.0 Å². The molecule has 2 aromatic rings. The second-order valence-electron chi connectivity index (χ2n) is 3.74. The number of nitrogens with zero attached hydrogens (tertiary/aromatic N) is 2. The highest BCUT2D eigenvalue weighted by atomic mass is 35.5. The fourth-order valence-electron chi connectivity index (χ4n) is 1.51. The number of alkyl halides is 3. The number of rotatable bonds is 1. The number of aromatic nitrogens is 2. The quantitative estimate of drug-likeness (QED) is 0.730. The molecule has 0 amide bonds. The van der Waals surface area contributed by atoms with E-state index in [1.807, 2.05) is 0 Å². The molecule has 0 radical (unpaired) electrons. The van der Waals surface area contributed by atoms with E-state index in [2.05, 4.69) is 9.97 Å². The summed E-state index contributed by atoms with van der Waals surface area (Å²) in [6.45, 7) is 1.74. The van der Waals surface area contributed by atoms with E-state index >= 15 is 0 Å². The van der Waals surface area contributed by atoms with E-state index in [-0.39, 0.29) is 5.28 Å². The van der Waals surface area contributed by atoms with Gasteiger partial charge < -0.3 is 0 Å². The fraction of sp³-hybridized carbons (Fsp3) is 0.167. The van der Waals surface area contributed by atoms with Gasteiger partial charge in [-0.1, -0.05) is 12.1 Å². The van der Waals surface area contributed by atoms with Gasteiger partial charge in [-0.2, -0.15) is 13.2 Å². The molecule has 0 atom stereocenters. The third-order valence-electron chi connectivity index (χ3n) is 2.33. The van der Waals surface area contributed by atoms with Gasteiger partial charge in [-0.15, -0.1) is 0 Å². The molecule has 18 heavy (non-hydrogen) atoms. The molecule has 0 unspecified atom stereocenters. The average Bonchev–Trinajstić information content (AvgIpc) is 2.27. The van der Waals surface area contributed by atoms with Crippen molar-refractivity contribution in [3.63, 3.8) is 0 Å². The highest BCUT2D eigenvalue weighted by Crippen LogP contribution is 2.30. The summed E-state index contributed by atoms with van der Waals surface area (Å²) in [6, 6.07) is 6.41. The smallest absolute Gasteiger partial charge is 0.223 e. The molecule has 0 saturated heterocycles. The maximum Gasteiger partial charge on any atom is 0.416 e. The molecule has 0 N–H and O–H groups in total. The van der Waals surface area contributed by atoms with Crippen LogP contribution in [0.15, 0.2) is 30.3 Å². The minimum Gasteiger partial charge on any atom is -0.223 e. The van der Waals surface area contributed by atoms with Crippen LogP contribution in [-0.2, 0) is 6.18 Å². The molecule has 1 aromatic heterocycles. The first kappa shape index (κ1) is 12.8. The average molecular weight is 273 g/mol. The van der Waals surface area contributed by atoms with E-state index in [0.29, 0.717) is 17.0 Å². The Morgan fingerprint density at radius 2 is 1.67 bits per heavy atom. The lowest BCUT2D eigenvalue weighted by Crippen LogP contribution is -2.04. The second-order valence-corrected chi connectivity index (χ2v) is 4.08. The number of benzene rings is 1. The number of hydrogen-bond donors (Lipinski definition) is 0. The lowest BCUT2D eigenvalue weighted by atomic mass is 10.1. The van der Waals surface area contributed by atoms with Crippen LogP contribution in [0.1, 0.15) is 11.3 Å². The predicted molar refractivity (Wildman–Crippen MR) is 62.2 cm³/mol. The van der Waals surface area contributed by atoms with Crippen molar-refractivity contribution in [1.29, 1.82) is 0 Å². The molecule has 0 aliphatic rings. The maximum atomic E-state index is 12.4. The van der Waals surface area contributed by atoms with Crippen LogP contribution in [-0.4, -0.2) is 9.97 Å². The summed E-state index contributed by atoms with van der Waals surface area (Å²) in [5, 5.41) is 0.0740. The number of hydrogen-bond acceptors (Lipinski definition) is 2. The fourth-order valence-corrected chi connectivity index (χ4v) is 1.73. The third kappa shape index (κ3) is 2.79. The molecule has 1 heterocycles. The minimum absolute atomic E-state index is 0.0740. The zero-order chi connectivity index (χ0) is 13.3. The second kappa shape index (κ2) is 4.57. The van der Waals surface area contributed by atoms with Gasteiger partial charge >= 0.3 is 6.18 Å². The van der Waals surface area contributed by atoms with Crippen LogP contribution in [0.4, 0.5) is 13.2 Å². The van der Waals surface area contributed by atoms with E-state index in [4.69, 9.17) is 11.6 Å². The Morgan fingerprint density at radius 1 is 1.06 bits per heavy atom. The van der Waals surface area contributed by atoms with Crippen molar-refractivity contribution in [2.45, 2.75) is 13.1 Å². The Labute approximate surface area is 106 Å². The number of aryl methyl sites for hydroxylation is 1. The van der Waals surface area contributed by atoms with Gasteiger partial charge in [-0.05, 0) is 36.7 Å². The lowest BCUT2D eigenvalue weighted by molar-refractivity contribution is -0.137. The van der Waals surface area contributed by atoms with E-state index < -0.39 is 11.7 Å². The van der Waals surface area contributed by atoms with Gasteiger partial charge in [0.25, 0.3) is 0 Å². The Hall–Kier alpha value is -1.62. The molecule has 2 rings (SSSR count). The largest absolute Gasteiger partial charge is 0.416 e. The zero-order valence-electron chi connectivity index (χ0n) is 9.29. The third-order valence-corrected chi connectivity index (χ3v) is 2.50. The lowest BCUT2D eigenvalue weighted by Gasteiger charge is -2.07. The molecular formula is C12H8ClF3N2. The van der Waals surface area contributed by atoms with E-state index in [0.717, 1.165) is 12.1 Å². The van der Waals surface area contributed by atoms with Crippen LogP contribution in [0.2, 0.25) is 5.28 Å². The molecule has 0 spiro atoms. The molecular weight excluding hydrogens is 265 g/mol. The van der Waals surface area contributed by atoms with Crippen LogP contribution in [0, 0.1) is 6.92 Å². The van der Waals surface area contributed by atoms with Crippen molar-refractivity contribution in [3.05, 3.63) is 46.9 Å².